The fraction of sp³-hybridized carbons (Fsp3) is 0. The molecule has 90 valence electrons. The summed E-state index contributed by atoms with van der Waals surface area (Å²) in [7, 11) is 0. The summed E-state index contributed by atoms with van der Waals surface area (Å²) < 4.78 is 5.29. The molecule has 1 aromatic carbocycles. The maximum atomic E-state index is 11.7. The van der Waals surface area contributed by atoms with Crippen LogP contribution < -0.4 is 11.2 Å². The Hall–Kier alpha value is -2.76. The summed E-state index contributed by atoms with van der Waals surface area (Å²) in [5, 5.41) is 10.4. The summed E-state index contributed by atoms with van der Waals surface area (Å²) in [6, 6.07) is 7.10. The largest absolute Gasteiger partial charge is 0.494 e. The molecule has 6 heteroatoms. The molecule has 0 aliphatic carbocycles. The summed E-state index contributed by atoms with van der Waals surface area (Å²) in [6.45, 7) is 0. The molecule has 0 aliphatic heterocycles. The first-order valence-corrected chi connectivity index (χ1v) is 5.19. The van der Waals surface area contributed by atoms with Gasteiger partial charge >= 0.3 is 5.69 Å². The third kappa shape index (κ3) is 1.43. The zero-order valence-corrected chi connectivity index (χ0v) is 9.06. The van der Waals surface area contributed by atoms with E-state index in [1.807, 2.05) is 0 Å². The van der Waals surface area contributed by atoms with Crippen molar-refractivity contribution in [3.63, 3.8) is 0 Å². The first kappa shape index (κ1) is 10.4. The molecule has 0 spiro atoms. The topological polar surface area (TPSA) is 99.1 Å². The maximum Gasteiger partial charge on any atom is 0.328 e. The molecule has 0 radical (unpaired) electrons. The molecule has 0 saturated carbocycles. The Bertz CT molecular complexity index is 841. The number of rotatable bonds is 1. The van der Waals surface area contributed by atoms with Crippen LogP contribution in [0.4, 0.5) is 0 Å². The van der Waals surface area contributed by atoms with Gasteiger partial charge in [-0.3, -0.25) is 14.8 Å². The van der Waals surface area contributed by atoms with Gasteiger partial charge in [0.1, 0.15) is 17.4 Å². The minimum absolute atomic E-state index is 0.0143. The lowest BCUT2D eigenvalue weighted by molar-refractivity contribution is 0.451. The fourth-order valence-corrected chi connectivity index (χ4v) is 1.90. The maximum absolute atomic E-state index is 11.7. The molecule has 3 aromatic rings. The minimum atomic E-state index is -0.756. The van der Waals surface area contributed by atoms with E-state index in [4.69, 9.17) is 4.42 Å². The van der Waals surface area contributed by atoms with Crippen molar-refractivity contribution in [3.8, 4) is 17.0 Å². The number of aromatic amines is 2. The van der Waals surface area contributed by atoms with E-state index in [0.717, 1.165) is 0 Å². The number of hydrogen-bond acceptors (Lipinski definition) is 4. The molecule has 0 saturated heterocycles. The van der Waals surface area contributed by atoms with Crippen LogP contribution in [0.1, 0.15) is 0 Å². The van der Waals surface area contributed by atoms with Gasteiger partial charge in [0.2, 0.25) is 5.88 Å². The molecule has 0 bridgehead atoms. The number of para-hydroxylation sites is 1. The van der Waals surface area contributed by atoms with E-state index in [1.165, 1.54) is 6.26 Å². The van der Waals surface area contributed by atoms with Crippen LogP contribution in [0.2, 0.25) is 0 Å². The van der Waals surface area contributed by atoms with Crippen LogP contribution in [0, 0.1) is 0 Å². The Morgan fingerprint density at radius 2 is 1.89 bits per heavy atom. The van der Waals surface area contributed by atoms with Gasteiger partial charge in [-0.2, -0.15) is 0 Å². The predicted octanol–water partition coefficient (Wildman–Crippen LogP) is 1.18. The van der Waals surface area contributed by atoms with Gasteiger partial charge < -0.3 is 9.52 Å². The second-order valence-electron chi connectivity index (χ2n) is 3.78. The number of furan rings is 1. The van der Waals surface area contributed by atoms with Crippen molar-refractivity contribution in [2.75, 3.05) is 0 Å². The molecule has 3 N–H and O–H groups in total. The monoisotopic (exact) mass is 244 g/mol. The van der Waals surface area contributed by atoms with Gasteiger partial charge in [0.25, 0.3) is 5.56 Å². The van der Waals surface area contributed by atoms with Crippen molar-refractivity contribution in [3.05, 3.63) is 51.4 Å². The van der Waals surface area contributed by atoms with E-state index >= 15 is 0 Å². The van der Waals surface area contributed by atoms with E-state index in [1.54, 1.807) is 24.3 Å². The number of H-pyrrole nitrogens is 2. The third-order valence-electron chi connectivity index (χ3n) is 2.67. The van der Waals surface area contributed by atoms with Crippen LogP contribution in [-0.2, 0) is 0 Å². The van der Waals surface area contributed by atoms with Gasteiger partial charge in [-0.25, -0.2) is 4.79 Å². The number of fused-ring (bicyclic) bond motifs is 1. The molecule has 2 aromatic heterocycles. The van der Waals surface area contributed by atoms with E-state index in [9.17, 15) is 14.7 Å². The van der Waals surface area contributed by atoms with Crippen LogP contribution in [0.25, 0.3) is 22.1 Å². The summed E-state index contributed by atoms with van der Waals surface area (Å²) >= 11 is 0. The Balaban J connectivity index is 2.40. The van der Waals surface area contributed by atoms with Crippen LogP contribution in [0.15, 0.2) is 44.5 Å². The van der Waals surface area contributed by atoms with Crippen molar-refractivity contribution in [1.29, 1.82) is 0 Å². The predicted molar refractivity (Wildman–Crippen MR) is 64.6 cm³/mol. The average molecular weight is 244 g/mol. The van der Waals surface area contributed by atoms with Crippen molar-refractivity contribution in [2.45, 2.75) is 0 Å². The molecule has 0 fully saturated rings. The van der Waals surface area contributed by atoms with Gasteiger partial charge in [-0.05, 0) is 6.07 Å². The molecular weight excluding hydrogens is 236 g/mol. The van der Waals surface area contributed by atoms with E-state index < -0.39 is 17.1 Å². The number of aromatic hydroxyl groups is 1. The SMILES string of the molecule is O=c1[nH]c(O)c(-c2coc3ccccc23)c(=O)[nH]1. The zero-order chi connectivity index (χ0) is 12.7. The van der Waals surface area contributed by atoms with Crippen molar-refractivity contribution >= 4 is 11.0 Å². The number of benzene rings is 1. The molecule has 0 atom stereocenters. The number of nitrogens with one attached hydrogen (secondary N) is 2. The Kier molecular flexibility index (Phi) is 2.09. The van der Waals surface area contributed by atoms with Gasteiger partial charge in [0.05, 0.1) is 0 Å². The second-order valence-corrected chi connectivity index (χ2v) is 3.78. The lowest BCUT2D eigenvalue weighted by Gasteiger charge is -1.99. The van der Waals surface area contributed by atoms with Crippen LogP contribution >= 0.6 is 0 Å². The normalized spacial score (nSPS) is 10.9. The summed E-state index contributed by atoms with van der Waals surface area (Å²) in [6.07, 6.45) is 1.37. The number of hydrogen-bond donors (Lipinski definition) is 3. The Morgan fingerprint density at radius 1 is 1.11 bits per heavy atom. The molecule has 0 aliphatic rings. The zero-order valence-electron chi connectivity index (χ0n) is 9.06. The average Bonchev–Trinajstić information content (AvgIpc) is 2.72. The fourth-order valence-electron chi connectivity index (χ4n) is 1.90. The highest BCUT2D eigenvalue weighted by atomic mass is 16.3. The molecule has 2 heterocycles. The van der Waals surface area contributed by atoms with E-state index in [0.29, 0.717) is 16.5 Å². The molecule has 18 heavy (non-hydrogen) atoms. The lowest BCUT2D eigenvalue weighted by atomic mass is 10.1. The highest BCUT2D eigenvalue weighted by molar-refractivity contribution is 5.94. The van der Waals surface area contributed by atoms with Crippen LogP contribution in [0.5, 0.6) is 5.88 Å². The van der Waals surface area contributed by atoms with Gasteiger partial charge in [-0.1, -0.05) is 18.2 Å². The number of aromatic nitrogens is 2. The molecule has 0 amide bonds. The highest BCUT2D eigenvalue weighted by Gasteiger charge is 2.16. The van der Waals surface area contributed by atoms with E-state index in [2.05, 4.69) is 9.97 Å². The van der Waals surface area contributed by atoms with Gasteiger partial charge in [-0.15, -0.1) is 0 Å². The summed E-state index contributed by atoms with van der Waals surface area (Å²) in [5.74, 6) is -0.477. The van der Waals surface area contributed by atoms with Crippen LogP contribution in [-0.4, -0.2) is 15.1 Å². The van der Waals surface area contributed by atoms with Crippen molar-refractivity contribution < 1.29 is 9.52 Å². The summed E-state index contributed by atoms with van der Waals surface area (Å²) in [4.78, 5) is 26.9. The Morgan fingerprint density at radius 3 is 2.67 bits per heavy atom. The smallest absolute Gasteiger partial charge is 0.328 e. The summed E-state index contributed by atoms with van der Waals surface area (Å²) in [5.41, 5.74) is -0.408. The third-order valence-corrected chi connectivity index (χ3v) is 2.67. The molecule has 6 nitrogen and oxygen atoms in total. The van der Waals surface area contributed by atoms with Crippen molar-refractivity contribution in [1.82, 2.24) is 9.97 Å². The molecule has 0 unspecified atom stereocenters. The first-order chi connectivity index (χ1) is 8.66. The first-order valence-electron chi connectivity index (χ1n) is 5.19. The Labute approximate surface area is 99.5 Å². The lowest BCUT2D eigenvalue weighted by Crippen LogP contribution is -2.22. The quantitative estimate of drug-likeness (QED) is 0.598. The minimum Gasteiger partial charge on any atom is -0.494 e. The van der Waals surface area contributed by atoms with Gasteiger partial charge in [0, 0.05) is 10.9 Å². The van der Waals surface area contributed by atoms with E-state index in [-0.39, 0.29) is 5.56 Å². The van der Waals surface area contributed by atoms with Crippen molar-refractivity contribution in [2.24, 2.45) is 0 Å². The highest BCUT2D eigenvalue weighted by Crippen LogP contribution is 2.31. The van der Waals surface area contributed by atoms with Crippen LogP contribution in [0.3, 0.4) is 0 Å². The van der Waals surface area contributed by atoms with Gasteiger partial charge in [0.15, 0.2) is 0 Å². The molecular formula is C12H8N2O4. The standard InChI is InChI=1S/C12H8N2O4/c15-10-9(11(16)14-12(17)13-10)7-5-18-8-4-2-1-3-6(7)8/h1-5H,(H3,13,14,15,16,17). The second kappa shape index (κ2) is 3.63. The molecule has 3 rings (SSSR count).